The van der Waals surface area contributed by atoms with E-state index in [0.29, 0.717) is 10.0 Å². The van der Waals surface area contributed by atoms with Crippen molar-refractivity contribution >= 4 is 56.4 Å². The molecule has 1 amide bonds. The van der Waals surface area contributed by atoms with Crippen molar-refractivity contribution < 1.29 is 22.8 Å². The first-order chi connectivity index (χ1) is 14.0. The molecule has 1 aliphatic heterocycles. The maximum atomic E-state index is 13.3. The number of ketones is 1. The smallest absolute Gasteiger partial charge is 0.323 e. The lowest BCUT2D eigenvalue weighted by molar-refractivity contribution is -0.117. The number of amides is 1. The number of halogens is 5. The Morgan fingerprint density at radius 3 is 2.63 bits per heavy atom. The summed E-state index contributed by atoms with van der Waals surface area (Å²) in [6.45, 7) is 3.00. The molecule has 1 aromatic heterocycles. The normalized spacial score (nSPS) is 16.4. The topological polar surface area (TPSA) is 74.7 Å². The molecule has 0 bridgehead atoms. The van der Waals surface area contributed by atoms with Crippen molar-refractivity contribution in [2.75, 3.05) is 10.3 Å². The van der Waals surface area contributed by atoms with Crippen LogP contribution in [0.2, 0.25) is 5.02 Å². The lowest BCUT2D eigenvalue weighted by Gasteiger charge is -2.23. The fraction of sp³-hybridized carbons (Fsp3) is 0.263. The molecule has 0 saturated heterocycles. The monoisotopic (exact) mass is 502 g/mol. The Kier molecular flexibility index (Phi) is 6.19. The number of benzene rings is 1. The van der Waals surface area contributed by atoms with E-state index < -0.39 is 30.3 Å². The molecule has 30 heavy (non-hydrogen) atoms. The van der Waals surface area contributed by atoms with Gasteiger partial charge in [-0.15, -0.1) is 0 Å². The first kappa shape index (κ1) is 22.2. The van der Waals surface area contributed by atoms with Crippen LogP contribution in [0.15, 0.2) is 40.0 Å². The number of nitrogens with one attached hydrogen (secondary N) is 1. The minimum Gasteiger partial charge on any atom is -0.323 e. The zero-order valence-corrected chi connectivity index (χ0v) is 18.1. The molecular formula is C19H15BrClF3N4O2. The molecule has 0 aliphatic carbocycles. The van der Waals surface area contributed by atoms with Gasteiger partial charge >= 0.3 is 6.18 Å². The number of hydrogen-bond donors (Lipinski definition) is 1. The van der Waals surface area contributed by atoms with Crippen molar-refractivity contribution in [3.05, 3.63) is 51.1 Å². The summed E-state index contributed by atoms with van der Waals surface area (Å²) in [4.78, 5) is 29.0. The van der Waals surface area contributed by atoms with Gasteiger partial charge < -0.3 is 5.32 Å². The summed E-state index contributed by atoms with van der Waals surface area (Å²) in [5.74, 6) is -1.15. The molecule has 1 aromatic carbocycles. The number of anilines is 2. The van der Waals surface area contributed by atoms with Gasteiger partial charge in [-0.3, -0.25) is 9.59 Å². The molecular weight excluding hydrogens is 489 g/mol. The number of aryl methyl sites for hydroxylation is 1. The molecule has 0 saturated carbocycles. The zero-order chi connectivity index (χ0) is 22.2. The van der Waals surface area contributed by atoms with E-state index in [9.17, 15) is 22.8 Å². The molecule has 1 N–H and O–H groups in total. The van der Waals surface area contributed by atoms with Crippen molar-refractivity contribution in [3.63, 3.8) is 0 Å². The highest BCUT2D eigenvalue weighted by molar-refractivity contribution is 9.10. The standard InChI is InChI=1S/C19H15BrClF3N4O2/c1-9-6-11(20)7-12(10(2)29)16(9)26-18(30)14-8-15(19(22,23)24)27-28(14)17-13(21)4-3-5-25-17/h3-7,14H,8H2,1-2H3,(H,26,30). The van der Waals surface area contributed by atoms with Gasteiger partial charge in [-0.2, -0.15) is 18.3 Å². The van der Waals surface area contributed by atoms with Gasteiger partial charge in [-0.05, 0) is 43.7 Å². The molecule has 1 atom stereocenters. The second-order valence-electron chi connectivity index (χ2n) is 6.61. The average molecular weight is 504 g/mol. The predicted molar refractivity (Wildman–Crippen MR) is 111 cm³/mol. The van der Waals surface area contributed by atoms with Crippen LogP contribution >= 0.6 is 27.5 Å². The number of aromatic nitrogens is 1. The highest BCUT2D eigenvalue weighted by Crippen LogP contribution is 2.34. The van der Waals surface area contributed by atoms with Crippen LogP contribution in [0, 0.1) is 6.92 Å². The van der Waals surface area contributed by atoms with Crippen molar-refractivity contribution in [2.45, 2.75) is 32.5 Å². The molecule has 6 nitrogen and oxygen atoms in total. The zero-order valence-electron chi connectivity index (χ0n) is 15.7. The van der Waals surface area contributed by atoms with Gasteiger partial charge in [0.1, 0.15) is 11.8 Å². The molecule has 0 radical (unpaired) electrons. The number of Topliss-reactive ketones (excluding diaryl/α,β-unsaturated/α-hetero) is 1. The number of carbonyl (C=O) groups is 2. The van der Waals surface area contributed by atoms with E-state index >= 15 is 0 Å². The Morgan fingerprint density at radius 2 is 2.03 bits per heavy atom. The second kappa shape index (κ2) is 8.35. The summed E-state index contributed by atoms with van der Waals surface area (Å²) < 4.78 is 40.5. The van der Waals surface area contributed by atoms with Crippen LogP contribution in [0.3, 0.4) is 0 Å². The minimum absolute atomic E-state index is 0.0479. The quantitative estimate of drug-likeness (QED) is 0.586. The van der Waals surface area contributed by atoms with E-state index in [1.807, 2.05) is 0 Å². The average Bonchev–Trinajstić information content (AvgIpc) is 3.09. The Bertz CT molecular complexity index is 1060. The van der Waals surface area contributed by atoms with E-state index in [1.54, 1.807) is 13.0 Å². The van der Waals surface area contributed by atoms with E-state index in [0.717, 1.165) is 5.01 Å². The van der Waals surface area contributed by atoms with E-state index in [-0.39, 0.29) is 27.9 Å². The Labute approximate surface area is 183 Å². The van der Waals surface area contributed by atoms with Crippen LogP contribution in [-0.2, 0) is 4.79 Å². The van der Waals surface area contributed by atoms with E-state index in [2.05, 4.69) is 31.3 Å². The molecule has 0 fully saturated rings. The highest BCUT2D eigenvalue weighted by Gasteiger charge is 2.46. The van der Waals surface area contributed by atoms with Crippen LogP contribution in [0.4, 0.5) is 24.7 Å². The molecule has 11 heteroatoms. The third kappa shape index (κ3) is 4.49. The molecule has 2 heterocycles. The number of hydrazone groups is 1. The predicted octanol–water partition coefficient (Wildman–Crippen LogP) is 5.14. The van der Waals surface area contributed by atoms with Gasteiger partial charge in [0.15, 0.2) is 11.6 Å². The number of pyridine rings is 1. The summed E-state index contributed by atoms with van der Waals surface area (Å²) in [5, 5.41) is 7.07. The molecule has 158 valence electrons. The summed E-state index contributed by atoms with van der Waals surface area (Å²) in [6, 6.07) is 4.81. The number of rotatable bonds is 4. The SMILES string of the molecule is CC(=O)c1cc(Br)cc(C)c1NC(=O)C1CC(C(F)(F)F)=NN1c1ncccc1Cl. The maximum Gasteiger partial charge on any atom is 0.431 e. The molecule has 2 aromatic rings. The van der Waals surface area contributed by atoms with Crippen LogP contribution < -0.4 is 10.3 Å². The van der Waals surface area contributed by atoms with Crippen molar-refractivity contribution in [3.8, 4) is 0 Å². The summed E-state index contributed by atoms with van der Waals surface area (Å²) >= 11 is 9.36. The lowest BCUT2D eigenvalue weighted by Crippen LogP contribution is -2.40. The number of hydrogen-bond acceptors (Lipinski definition) is 5. The Balaban J connectivity index is 1.99. The third-order valence-electron chi connectivity index (χ3n) is 4.42. The van der Waals surface area contributed by atoms with Crippen molar-refractivity contribution in [2.24, 2.45) is 5.10 Å². The summed E-state index contributed by atoms with van der Waals surface area (Å²) in [7, 11) is 0. The number of nitrogens with zero attached hydrogens (tertiary/aromatic N) is 3. The second-order valence-corrected chi connectivity index (χ2v) is 7.93. The largest absolute Gasteiger partial charge is 0.431 e. The van der Waals surface area contributed by atoms with Crippen molar-refractivity contribution in [1.82, 2.24) is 4.98 Å². The van der Waals surface area contributed by atoms with Crippen LogP contribution in [0.25, 0.3) is 0 Å². The van der Waals surface area contributed by atoms with Gasteiger partial charge in [0.25, 0.3) is 0 Å². The summed E-state index contributed by atoms with van der Waals surface area (Å²) in [5.41, 5.74) is -0.0974. The minimum atomic E-state index is -4.72. The van der Waals surface area contributed by atoms with Crippen LogP contribution in [-0.4, -0.2) is 34.6 Å². The molecule has 1 aliphatic rings. The van der Waals surface area contributed by atoms with Gasteiger partial charge in [0.2, 0.25) is 5.91 Å². The highest BCUT2D eigenvalue weighted by atomic mass is 79.9. The lowest BCUT2D eigenvalue weighted by atomic mass is 10.0. The van der Waals surface area contributed by atoms with Gasteiger partial charge in [-0.1, -0.05) is 27.5 Å². The van der Waals surface area contributed by atoms with Crippen molar-refractivity contribution in [1.29, 1.82) is 0 Å². The Hall–Kier alpha value is -2.46. The van der Waals surface area contributed by atoms with Crippen LogP contribution in [0.5, 0.6) is 0 Å². The van der Waals surface area contributed by atoms with E-state index in [1.165, 1.54) is 31.3 Å². The number of alkyl halides is 3. The summed E-state index contributed by atoms with van der Waals surface area (Å²) in [6.07, 6.45) is -4.07. The molecule has 0 spiro atoms. The maximum absolute atomic E-state index is 13.3. The fourth-order valence-corrected chi connectivity index (χ4v) is 3.80. The fourth-order valence-electron chi connectivity index (χ4n) is 3.02. The van der Waals surface area contributed by atoms with Gasteiger partial charge in [0, 0.05) is 22.7 Å². The molecule has 3 rings (SSSR count). The van der Waals surface area contributed by atoms with E-state index in [4.69, 9.17) is 11.6 Å². The number of carbonyl (C=O) groups excluding carboxylic acids is 2. The first-order valence-electron chi connectivity index (χ1n) is 8.65. The molecule has 1 unspecified atom stereocenters. The first-order valence-corrected chi connectivity index (χ1v) is 9.82. The van der Waals surface area contributed by atoms with Crippen LogP contribution in [0.1, 0.15) is 29.3 Å². The third-order valence-corrected chi connectivity index (χ3v) is 5.18. The van der Waals surface area contributed by atoms with Gasteiger partial charge in [0.05, 0.1) is 10.7 Å². The van der Waals surface area contributed by atoms with Gasteiger partial charge in [-0.25, -0.2) is 9.99 Å². The Morgan fingerprint density at radius 1 is 1.33 bits per heavy atom.